The van der Waals surface area contributed by atoms with Crippen LogP contribution in [-0.2, 0) is 4.79 Å². The molecule has 0 aliphatic carbocycles. The van der Waals surface area contributed by atoms with Crippen molar-refractivity contribution in [2.24, 2.45) is 0 Å². The number of H-pyrrole nitrogens is 1. The second-order valence-corrected chi connectivity index (χ2v) is 8.16. The highest BCUT2D eigenvalue weighted by Crippen LogP contribution is 2.29. The lowest BCUT2D eigenvalue weighted by atomic mass is 10.0. The molecule has 0 fully saturated rings. The SMILES string of the molecule is Cc1cccc2nc(C(C)Nc3ncnc4nc[nH]c34)c(-c3ccc(F)c(F)c3)c(=O)n12.O=C(O)C(F)(F)F. The van der Waals surface area contributed by atoms with Crippen molar-refractivity contribution in [3.05, 3.63) is 82.4 Å². The fourth-order valence-electron chi connectivity index (χ4n) is 3.74. The number of anilines is 1. The summed E-state index contributed by atoms with van der Waals surface area (Å²) in [7, 11) is 0. The first kappa shape index (κ1) is 27.1. The van der Waals surface area contributed by atoms with E-state index < -0.39 is 29.8 Å². The smallest absolute Gasteiger partial charge is 0.475 e. The van der Waals surface area contributed by atoms with E-state index in [4.69, 9.17) is 14.9 Å². The molecule has 0 bridgehead atoms. The molecule has 5 aromatic rings. The number of nitrogens with zero attached hydrogens (tertiary/aromatic N) is 5. The molecule has 1 aromatic carbocycles. The number of halogens is 5. The van der Waals surface area contributed by atoms with Crippen molar-refractivity contribution < 1.29 is 31.9 Å². The molecule has 1 atom stereocenters. The lowest BCUT2D eigenvalue weighted by Gasteiger charge is -2.19. The molecule has 1 unspecified atom stereocenters. The number of hydrogen-bond donors (Lipinski definition) is 3. The average molecular weight is 547 g/mol. The minimum atomic E-state index is -5.08. The number of alkyl halides is 3. The van der Waals surface area contributed by atoms with E-state index in [2.05, 4.69) is 25.3 Å². The number of aromatic amines is 1. The number of imidazole rings is 1. The zero-order valence-electron chi connectivity index (χ0n) is 20.1. The van der Waals surface area contributed by atoms with Crippen LogP contribution in [0, 0.1) is 18.6 Å². The number of benzene rings is 1. The van der Waals surface area contributed by atoms with Gasteiger partial charge in [0, 0.05) is 5.69 Å². The summed E-state index contributed by atoms with van der Waals surface area (Å²) in [5, 5.41) is 10.4. The molecular formula is C24H18F5N7O3. The van der Waals surface area contributed by atoms with Gasteiger partial charge in [-0.05, 0) is 43.7 Å². The standard InChI is InChI=1S/C22H17F2N7O.C2HF3O2/c1-11-4-3-5-16-30-18(12(2)29-21-19-20(26-9-25-19)27-10-28-21)17(22(32)31(11)16)13-6-7-14(23)15(24)8-13;3-2(4,5)1(6)7/h3-10,12H,1-2H3,(H2,25,26,27,28,29);(H,6,7). The molecule has 3 N–H and O–H groups in total. The first-order valence-corrected chi connectivity index (χ1v) is 11.1. The van der Waals surface area contributed by atoms with E-state index >= 15 is 0 Å². The van der Waals surface area contributed by atoms with Crippen molar-refractivity contribution >= 4 is 28.6 Å². The molecule has 10 nitrogen and oxygen atoms in total. The number of carboxylic acids is 1. The molecular weight excluding hydrogens is 529 g/mol. The van der Waals surface area contributed by atoms with Crippen LogP contribution < -0.4 is 10.9 Å². The molecule has 0 saturated heterocycles. The molecule has 0 aliphatic heterocycles. The van der Waals surface area contributed by atoms with Crippen molar-refractivity contribution in [3.63, 3.8) is 0 Å². The number of pyridine rings is 1. The summed E-state index contributed by atoms with van der Waals surface area (Å²) in [5.41, 5.74) is 2.60. The van der Waals surface area contributed by atoms with Crippen LogP contribution in [0.15, 0.2) is 53.8 Å². The largest absolute Gasteiger partial charge is 0.490 e. The maximum atomic E-state index is 14.1. The zero-order valence-corrected chi connectivity index (χ0v) is 20.1. The first-order chi connectivity index (χ1) is 18.4. The molecule has 4 aromatic heterocycles. The molecule has 39 heavy (non-hydrogen) atoms. The van der Waals surface area contributed by atoms with Crippen LogP contribution in [0.5, 0.6) is 0 Å². The number of rotatable bonds is 4. The van der Waals surface area contributed by atoms with Crippen molar-refractivity contribution in [1.29, 1.82) is 0 Å². The van der Waals surface area contributed by atoms with E-state index in [9.17, 15) is 26.7 Å². The van der Waals surface area contributed by atoms with E-state index in [0.29, 0.717) is 34.0 Å². The highest BCUT2D eigenvalue weighted by atomic mass is 19.4. The van der Waals surface area contributed by atoms with Gasteiger partial charge >= 0.3 is 12.1 Å². The minimum Gasteiger partial charge on any atom is -0.475 e. The summed E-state index contributed by atoms with van der Waals surface area (Å²) in [4.78, 5) is 42.6. The normalized spacial score (nSPS) is 12.2. The van der Waals surface area contributed by atoms with Crippen LogP contribution in [0.1, 0.15) is 24.4 Å². The maximum Gasteiger partial charge on any atom is 0.490 e. The van der Waals surface area contributed by atoms with Crippen LogP contribution in [0.4, 0.5) is 27.8 Å². The Kier molecular flexibility index (Phi) is 7.25. The Bertz CT molecular complexity index is 1750. The quantitative estimate of drug-likeness (QED) is 0.281. The molecule has 0 saturated carbocycles. The fourth-order valence-corrected chi connectivity index (χ4v) is 3.74. The van der Waals surface area contributed by atoms with Gasteiger partial charge in [-0.1, -0.05) is 12.1 Å². The molecule has 0 aliphatic rings. The number of hydrogen-bond acceptors (Lipinski definition) is 7. The Hall–Kier alpha value is -4.95. The van der Waals surface area contributed by atoms with Gasteiger partial charge in [0.1, 0.15) is 17.5 Å². The summed E-state index contributed by atoms with van der Waals surface area (Å²) in [5.74, 6) is -4.32. The molecule has 202 valence electrons. The van der Waals surface area contributed by atoms with Gasteiger partial charge in [-0.15, -0.1) is 0 Å². The monoisotopic (exact) mass is 547 g/mol. The number of aryl methyl sites for hydroxylation is 1. The highest BCUT2D eigenvalue weighted by molar-refractivity contribution is 5.82. The zero-order chi connectivity index (χ0) is 28.5. The molecule has 15 heteroatoms. The highest BCUT2D eigenvalue weighted by Gasteiger charge is 2.38. The summed E-state index contributed by atoms with van der Waals surface area (Å²) in [6, 6.07) is 8.16. The van der Waals surface area contributed by atoms with Gasteiger partial charge in [0.2, 0.25) is 0 Å². The third-order valence-corrected chi connectivity index (χ3v) is 5.51. The van der Waals surface area contributed by atoms with Crippen molar-refractivity contribution in [1.82, 2.24) is 29.3 Å². The number of carboxylic acid groups (broad SMARTS) is 1. The van der Waals surface area contributed by atoms with Gasteiger partial charge in [0.15, 0.2) is 23.1 Å². The Labute approximate surface area is 215 Å². The van der Waals surface area contributed by atoms with Gasteiger partial charge in [-0.3, -0.25) is 9.20 Å². The number of aromatic nitrogens is 6. The van der Waals surface area contributed by atoms with Crippen molar-refractivity contribution in [2.45, 2.75) is 26.1 Å². The average Bonchev–Trinajstić information content (AvgIpc) is 3.35. The topological polar surface area (TPSA) is 138 Å². The number of nitrogens with one attached hydrogen (secondary N) is 2. The Balaban J connectivity index is 0.000000448. The third kappa shape index (κ3) is 5.51. The van der Waals surface area contributed by atoms with Gasteiger partial charge in [0.05, 0.1) is 23.6 Å². The summed E-state index contributed by atoms with van der Waals surface area (Å²) < 4.78 is 60.8. The van der Waals surface area contributed by atoms with E-state index in [0.717, 1.165) is 12.1 Å². The fraction of sp³-hybridized carbons (Fsp3) is 0.167. The third-order valence-electron chi connectivity index (χ3n) is 5.51. The van der Waals surface area contributed by atoms with Crippen LogP contribution in [0.3, 0.4) is 0 Å². The van der Waals surface area contributed by atoms with Crippen LogP contribution in [-0.4, -0.2) is 46.6 Å². The van der Waals surface area contributed by atoms with E-state index in [1.165, 1.54) is 23.1 Å². The number of aliphatic carboxylic acids is 1. The maximum absolute atomic E-state index is 14.1. The van der Waals surface area contributed by atoms with Crippen LogP contribution in [0.25, 0.3) is 27.9 Å². The molecule has 0 spiro atoms. The van der Waals surface area contributed by atoms with E-state index in [-0.39, 0.29) is 16.7 Å². The van der Waals surface area contributed by atoms with Gasteiger partial charge in [0.25, 0.3) is 5.56 Å². The number of carbonyl (C=O) groups is 1. The van der Waals surface area contributed by atoms with Gasteiger partial charge < -0.3 is 15.4 Å². The second kappa shape index (κ2) is 10.4. The predicted octanol–water partition coefficient (Wildman–Crippen LogP) is 4.42. The lowest BCUT2D eigenvalue weighted by molar-refractivity contribution is -0.192. The summed E-state index contributed by atoms with van der Waals surface area (Å²) in [6.45, 7) is 3.59. The van der Waals surface area contributed by atoms with Gasteiger partial charge in [-0.2, -0.15) is 13.2 Å². The predicted molar refractivity (Wildman–Crippen MR) is 129 cm³/mol. The van der Waals surface area contributed by atoms with Crippen LogP contribution in [0.2, 0.25) is 0 Å². The van der Waals surface area contributed by atoms with Crippen molar-refractivity contribution in [3.8, 4) is 11.1 Å². The Morgan fingerprint density at radius 1 is 1.10 bits per heavy atom. The molecule has 5 rings (SSSR count). The lowest BCUT2D eigenvalue weighted by Crippen LogP contribution is -2.24. The van der Waals surface area contributed by atoms with Crippen molar-refractivity contribution in [2.75, 3.05) is 5.32 Å². The van der Waals surface area contributed by atoms with Gasteiger partial charge in [-0.25, -0.2) is 33.5 Å². The summed E-state index contributed by atoms with van der Waals surface area (Å²) in [6.07, 6.45) is -2.20. The van der Waals surface area contributed by atoms with E-state index in [1.807, 2.05) is 6.92 Å². The molecule has 0 amide bonds. The van der Waals surface area contributed by atoms with E-state index in [1.54, 1.807) is 25.1 Å². The summed E-state index contributed by atoms with van der Waals surface area (Å²) >= 11 is 0. The molecule has 0 radical (unpaired) electrons. The second-order valence-electron chi connectivity index (χ2n) is 8.16. The molecule has 4 heterocycles. The number of fused-ring (bicyclic) bond motifs is 2. The Morgan fingerprint density at radius 3 is 2.49 bits per heavy atom. The van der Waals surface area contributed by atoms with Crippen LogP contribution >= 0.6 is 0 Å². The Morgan fingerprint density at radius 2 is 1.82 bits per heavy atom. The first-order valence-electron chi connectivity index (χ1n) is 11.1. The minimum absolute atomic E-state index is 0.172.